The molecule has 2 aliphatic heterocycles. The van der Waals surface area contributed by atoms with Gasteiger partial charge in [-0.2, -0.15) is 0 Å². The Morgan fingerprint density at radius 1 is 1.00 bits per heavy atom. The Hall–Kier alpha value is -3.10. The molecule has 0 unspecified atom stereocenters. The molecule has 6 N–H and O–H groups in total. The molecule has 12 nitrogen and oxygen atoms in total. The van der Waals surface area contributed by atoms with Crippen LogP contribution in [0.3, 0.4) is 0 Å². The van der Waals surface area contributed by atoms with Gasteiger partial charge in [0.15, 0.2) is 12.1 Å². The van der Waals surface area contributed by atoms with Gasteiger partial charge in [0.2, 0.25) is 5.78 Å². The fraction of sp³-hybridized carbons (Fsp3) is 0.533. The fourth-order valence-corrected chi connectivity index (χ4v) is 6.86. The lowest BCUT2D eigenvalue weighted by Gasteiger charge is -2.47. The summed E-state index contributed by atoms with van der Waals surface area (Å²) in [6.45, 7) is 5.61. The number of carbonyl (C=O) groups excluding carboxylic acids is 2. The molecule has 0 saturated carbocycles. The number of rotatable bonds is 4. The van der Waals surface area contributed by atoms with E-state index in [9.17, 15) is 40.2 Å². The Morgan fingerprint density at radius 3 is 2.36 bits per heavy atom. The van der Waals surface area contributed by atoms with Gasteiger partial charge >= 0.3 is 0 Å². The lowest BCUT2D eigenvalue weighted by molar-refractivity contribution is -0.264. The third-order valence-electron chi connectivity index (χ3n) is 9.25. The monoisotopic (exact) mass is 585 g/mol. The molecule has 2 aromatic carbocycles. The van der Waals surface area contributed by atoms with E-state index in [0.29, 0.717) is 26.3 Å². The molecule has 2 saturated heterocycles. The highest BCUT2D eigenvalue weighted by atomic mass is 16.7. The van der Waals surface area contributed by atoms with Gasteiger partial charge in [-0.15, -0.1) is 0 Å². The van der Waals surface area contributed by atoms with E-state index < -0.39 is 76.2 Å². The average Bonchev–Trinajstić information content (AvgIpc) is 2.97. The molecule has 6 rings (SSSR count). The highest BCUT2D eigenvalue weighted by molar-refractivity contribution is 6.31. The number of phenols is 3. The van der Waals surface area contributed by atoms with Gasteiger partial charge in [0.05, 0.1) is 53.8 Å². The highest BCUT2D eigenvalue weighted by Crippen LogP contribution is 2.56. The van der Waals surface area contributed by atoms with Gasteiger partial charge in [0.1, 0.15) is 23.4 Å². The van der Waals surface area contributed by atoms with Crippen molar-refractivity contribution in [2.24, 2.45) is 0 Å². The molecule has 2 heterocycles. The van der Waals surface area contributed by atoms with Gasteiger partial charge in [-0.1, -0.05) is 19.1 Å². The van der Waals surface area contributed by atoms with Crippen LogP contribution in [0.25, 0.3) is 0 Å². The van der Waals surface area contributed by atoms with Crippen LogP contribution in [0, 0.1) is 0 Å². The lowest BCUT2D eigenvalue weighted by atomic mass is 9.70. The van der Waals surface area contributed by atoms with E-state index in [0.717, 1.165) is 0 Å². The number of ether oxygens (including phenoxy) is 3. The molecule has 2 fully saturated rings. The molecule has 0 radical (unpaired) electrons. The van der Waals surface area contributed by atoms with E-state index in [2.05, 4.69) is 4.90 Å². The Balaban J connectivity index is 1.44. The summed E-state index contributed by atoms with van der Waals surface area (Å²) in [6.07, 6.45) is -5.23. The van der Waals surface area contributed by atoms with Crippen LogP contribution >= 0.6 is 0 Å². The maximum atomic E-state index is 13.6. The van der Waals surface area contributed by atoms with Gasteiger partial charge in [0, 0.05) is 48.7 Å². The number of benzene rings is 2. The Bertz CT molecular complexity index is 1440. The normalized spacial score (nSPS) is 33.2. The van der Waals surface area contributed by atoms with Gasteiger partial charge in [-0.3, -0.25) is 14.5 Å². The summed E-state index contributed by atoms with van der Waals surface area (Å²) in [6, 6.07) is 3.60. The van der Waals surface area contributed by atoms with Crippen LogP contribution in [0.1, 0.15) is 88.3 Å². The third-order valence-corrected chi connectivity index (χ3v) is 9.25. The maximum absolute atomic E-state index is 13.6. The number of ketones is 2. The molecule has 4 aliphatic rings. The SMILES string of the molecule is CC[C@@]1(O)C[C@@H](O[C@@H]2C[C@@H](N3CCOCC3)[C@@H](O)[C@@H](C)O2)c2c(O)c3c(c(O)c2[C@@H]1O)C(=O)c1cccc(O)c1C3=O. The van der Waals surface area contributed by atoms with Crippen molar-refractivity contribution in [3.05, 3.63) is 51.6 Å². The molecule has 0 bridgehead atoms. The zero-order valence-corrected chi connectivity index (χ0v) is 23.3. The average molecular weight is 586 g/mol. The van der Waals surface area contributed by atoms with Crippen LogP contribution in [0.15, 0.2) is 18.2 Å². The van der Waals surface area contributed by atoms with Crippen molar-refractivity contribution in [3.63, 3.8) is 0 Å². The lowest BCUT2D eigenvalue weighted by Crippen LogP contribution is -2.58. The first-order valence-corrected chi connectivity index (χ1v) is 14.2. The second-order valence-corrected chi connectivity index (χ2v) is 11.5. The Morgan fingerprint density at radius 2 is 1.67 bits per heavy atom. The number of aliphatic hydroxyl groups is 3. The van der Waals surface area contributed by atoms with Crippen molar-refractivity contribution in [1.82, 2.24) is 4.90 Å². The molecule has 0 spiro atoms. The number of nitrogens with zero attached hydrogens (tertiary/aromatic N) is 1. The molecular formula is C30H35NO11. The molecule has 0 aromatic heterocycles. The van der Waals surface area contributed by atoms with Crippen LogP contribution in [0.2, 0.25) is 0 Å². The van der Waals surface area contributed by atoms with Gasteiger partial charge in [0.25, 0.3) is 0 Å². The number of aliphatic hydroxyl groups excluding tert-OH is 2. The minimum Gasteiger partial charge on any atom is -0.507 e. The first-order chi connectivity index (χ1) is 20.0. The molecule has 42 heavy (non-hydrogen) atoms. The van der Waals surface area contributed by atoms with Crippen LogP contribution in [-0.2, 0) is 14.2 Å². The number of morpholine rings is 1. The zero-order valence-electron chi connectivity index (χ0n) is 23.3. The van der Waals surface area contributed by atoms with Crippen LogP contribution in [-0.4, -0.2) is 104 Å². The number of aromatic hydroxyl groups is 3. The number of carbonyl (C=O) groups is 2. The first kappa shape index (κ1) is 29.0. The molecule has 226 valence electrons. The predicted molar refractivity (Wildman–Crippen MR) is 145 cm³/mol. The summed E-state index contributed by atoms with van der Waals surface area (Å²) in [4.78, 5) is 29.2. The summed E-state index contributed by atoms with van der Waals surface area (Å²) in [5.41, 5.74) is -3.80. The number of hydrogen-bond acceptors (Lipinski definition) is 12. The maximum Gasteiger partial charge on any atom is 0.202 e. The number of hydrogen-bond donors (Lipinski definition) is 6. The fourth-order valence-electron chi connectivity index (χ4n) is 6.86. The second-order valence-electron chi connectivity index (χ2n) is 11.5. The van der Waals surface area contributed by atoms with Crippen molar-refractivity contribution in [2.75, 3.05) is 26.3 Å². The van der Waals surface area contributed by atoms with Gasteiger partial charge in [-0.25, -0.2) is 0 Å². The summed E-state index contributed by atoms with van der Waals surface area (Å²) in [5.74, 6) is -3.61. The molecule has 2 aliphatic carbocycles. The summed E-state index contributed by atoms with van der Waals surface area (Å²) in [5, 5.41) is 67.1. The zero-order chi connectivity index (χ0) is 30.1. The number of fused-ring (bicyclic) bond motifs is 3. The Kier molecular flexibility index (Phi) is 7.29. The largest absolute Gasteiger partial charge is 0.507 e. The summed E-state index contributed by atoms with van der Waals surface area (Å²) >= 11 is 0. The van der Waals surface area contributed by atoms with E-state index in [1.807, 2.05) is 0 Å². The van der Waals surface area contributed by atoms with Crippen molar-refractivity contribution in [1.29, 1.82) is 0 Å². The summed E-state index contributed by atoms with van der Waals surface area (Å²) in [7, 11) is 0. The molecular weight excluding hydrogens is 550 g/mol. The highest BCUT2D eigenvalue weighted by Gasteiger charge is 2.52. The third kappa shape index (κ3) is 4.32. The molecule has 2 aromatic rings. The van der Waals surface area contributed by atoms with Crippen molar-refractivity contribution < 1.29 is 54.4 Å². The predicted octanol–water partition coefficient (Wildman–Crippen LogP) is 1.41. The van der Waals surface area contributed by atoms with E-state index in [1.54, 1.807) is 13.8 Å². The van der Waals surface area contributed by atoms with E-state index in [1.165, 1.54) is 18.2 Å². The van der Waals surface area contributed by atoms with E-state index in [4.69, 9.17) is 14.2 Å². The quantitative estimate of drug-likeness (QED) is 0.242. The molecule has 7 atom stereocenters. The van der Waals surface area contributed by atoms with Gasteiger partial charge in [-0.05, 0) is 19.4 Å². The second kappa shape index (κ2) is 10.6. The smallest absolute Gasteiger partial charge is 0.202 e. The van der Waals surface area contributed by atoms with Crippen molar-refractivity contribution in [2.45, 2.75) is 75.5 Å². The van der Waals surface area contributed by atoms with E-state index >= 15 is 0 Å². The topological polar surface area (TPSA) is 186 Å². The minimum absolute atomic E-state index is 0.0331. The number of phenolic OH excluding ortho intramolecular Hbond substituents is 3. The first-order valence-electron chi connectivity index (χ1n) is 14.2. The summed E-state index contributed by atoms with van der Waals surface area (Å²) < 4.78 is 17.8. The van der Waals surface area contributed by atoms with E-state index in [-0.39, 0.29) is 47.6 Å². The van der Waals surface area contributed by atoms with Gasteiger partial charge < -0.3 is 44.8 Å². The van der Waals surface area contributed by atoms with Crippen molar-refractivity contribution in [3.8, 4) is 17.2 Å². The van der Waals surface area contributed by atoms with Crippen LogP contribution in [0.4, 0.5) is 0 Å². The van der Waals surface area contributed by atoms with Crippen molar-refractivity contribution >= 4 is 11.6 Å². The molecule has 0 amide bonds. The minimum atomic E-state index is -1.82. The standard InChI is InChI=1S/C30H35NO11/c1-3-30(39)12-17(42-18-11-15(24(33)13(2)41-18)31-7-9-40-10-8-31)20-23(29(30)38)28(37)21-22(27(20)36)26(35)19-14(25(21)34)5-4-6-16(19)32/h4-6,13,15,17-18,24,29,32-33,36-39H,3,7-12H2,1-2H3/t13-,15-,17-,18-,24+,29+,30-/m1/s1. The Labute approximate surface area is 241 Å². The van der Waals surface area contributed by atoms with Crippen LogP contribution < -0.4 is 0 Å². The van der Waals surface area contributed by atoms with Crippen LogP contribution in [0.5, 0.6) is 17.2 Å². The molecule has 12 heteroatoms.